The SMILES string of the molecule is COc1c(Cl)cccc1CNC(=O)NC(C)c1ccc(-c2ccncc2)cc1. The molecule has 3 rings (SSSR count). The van der Waals surface area contributed by atoms with E-state index in [0.717, 1.165) is 22.3 Å². The Labute approximate surface area is 169 Å². The molecule has 6 heteroatoms. The van der Waals surface area contributed by atoms with Crippen molar-refractivity contribution >= 4 is 17.6 Å². The first-order valence-corrected chi connectivity index (χ1v) is 9.32. The van der Waals surface area contributed by atoms with Crippen molar-refractivity contribution < 1.29 is 9.53 Å². The molecule has 0 radical (unpaired) electrons. The summed E-state index contributed by atoms with van der Waals surface area (Å²) in [6.07, 6.45) is 3.54. The van der Waals surface area contributed by atoms with Crippen LogP contribution in [0.5, 0.6) is 5.75 Å². The number of halogens is 1. The molecule has 0 aliphatic heterocycles. The first kappa shape index (κ1) is 19.7. The van der Waals surface area contributed by atoms with Crippen LogP contribution in [0.3, 0.4) is 0 Å². The van der Waals surface area contributed by atoms with Crippen LogP contribution >= 0.6 is 11.6 Å². The molecule has 1 unspecified atom stereocenters. The van der Waals surface area contributed by atoms with E-state index in [1.54, 1.807) is 25.6 Å². The van der Waals surface area contributed by atoms with Crippen molar-refractivity contribution in [2.24, 2.45) is 0 Å². The lowest BCUT2D eigenvalue weighted by Gasteiger charge is -2.16. The van der Waals surface area contributed by atoms with Gasteiger partial charge < -0.3 is 15.4 Å². The van der Waals surface area contributed by atoms with E-state index in [-0.39, 0.29) is 12.1 Å². The number of carbonyl (C=O) groups excluding carboxylic acids is 1. The van der Waals surface area contributed by atoms with Gasteiger partial charge in [0.05, 0.1) is 18.2 Å². The Morgan fingerprint density at radius 1 is 1.07 bits per heavy atom. The van der Waals surface area contributed by atoms with Crippen LogP contribution in [0.4, 0.5) is 4.79 Å². The molecular weight excluding hydrogens is 374 g/mol. The zero-order chi connectivity index (χ0) is 19.9. The number of rotatable bonds is 6. The van der Waals surface area contributed by atoms with E-state index in [1.807, 2.05) is 55.5 Å². The largest absolute Gasteiger partial charge is 0.495 e. The van der Waals surface area contributed by atoms with Gasteiger partial charge in [-0.15, -0.1) is 0 Å². The fraction of sp³-hybridized carbons (Fsp3) is 0.182. The Morgan fingerprint density at radius 3 is 2.43 bits per heavy atom. The van der Waals surface area contributed by atoms with Crippen LogP contribution in [-0.2, 0) is 6.54 Å². The number of hydrogen-bond donors (Lipinski definition) is 2. The third kappa shape index (κ3) is 4.81. The number of hydrogen-bond acceptors (Lipinski definition) is 3. The monoisotopic (exact) mass is 395 g/mol. The molecule has 1 atom stereocenters. The summed E-state index contributed by atoms with van der Waals surface area (Å²) >= 11 is 6.11. The molecule has 2 aromatic carbocycles. The van der Waals surface area contributed by atoms with Crippen LogP contribution in [0.15, 0.2) is 67.0 Å². The average Bonchev–Trinajstić information content (AvgIpc) is 2.73. The predicted molar refractivity (Wildman–Crippen MR) is 111 cm³/mol. The Hall–Kier alpha value is -3.05. The van der Waals surface area contributed by atoms with E-state index in [4.69, 9.17) is 16.3 Å². The number of methoxy groups -OCH3 is 1. The number of aromatic nitrogens is 1. The van der Waals surface area contributed by atoms with E-state index in [9.17, 15) is 4.79 Å². The van der Waals surface area contributed by atoms with Crippen molar-refractivity contribution in [2.45, 2.75) is 19.5 Å². The van der Waals surface area contributed by atoms with Gasteiger partial charge in [0, 0.05) is 24.5 Å². The molecule has 28 heavy (non-hydrogen) atoms. The molecule has 5 nitrogen and oxygen atoms in total. The molecule has 0 aliphatic rings. The van der Waals surface area contributed by atoms with Crippen LogP contribution in [0.25, 0.3) is 11.1 Å². The Bertz CT molecular complexity index is 930. The van der Waals surface area contributed by atoms with Crippen molar-refractivity contribution in [3.63, 3.8) is 0 Å². The van der Waals surface area contributed by atoms with Crippen molar-refractivity contribution in [1.82, 2.24) is 15.6 Å². The lowest BCUT2D eigenvalue weighted by atomic mass is 10.0. The standard InChI is InChI=1S/C22H22ClN3O2/c1-15(16-6-8-17(9-7-16)18-10-12-24-13-11-18)26-22(27)25-14-19-4-3-5-20(23)21(19)28-2/h3-13,15H,14H2,1-2H3,(H2,25,26,27). The molecule has 144 valence electrons. The highest BCUT2D eigenvalue weighted by Crippen LogP contribution is 2.28. The van der Waals surface area contributed by atoms with Crippen molar-refractivity contribution in [3.05, 3.63) is 83.1 Å². The predicted octanol–water partition coefficient (Wildman–Crippen LogP) is 4.97. The number of para-hydroxylation sites is 1. The second-order valence-electron chi connectivity index (χ2n) is 6.34. The maximum Gasteiger partial charge on any atom is 0.315 e. The van der Waals surface area contributed by atoms with Crippen molar-refractivity contribution in [3.8, 4) is 16.9 Å². The van der Waals surface area contributed by atoms with Crippen LogP contribution in [0.1, 0.15) is 24.1 Å². The Kier molecular flexibility index (Phi) is 6.50. The number of carbonyl (C=O) groups is 1. The highest BCUT2D eigenvalue weighted by Gasteiger charge is 2.12. The molecule has 0 fully saturated rings. The minimum atomic E-state index is -0.257. The summed E-state index contributed by atoms with van der Waals surface area (Å²) < 4.78 is 5.30. The molecular formula is C22H22ClN3O2. The third-order valence-corrected chi connectivity index (χ3v) is 4.76. The molecule has 2 amide bonds. The van der Waals surface area contributed by atoms with E-state index >= 15 is 0 Å². The molecule has 1 aromatic heterocycles. The van der Waals surface area contributed by atoms with Crippen LogP contribution in [-0.4, -0.2) is 18.1 Å². The first-order chi connectivity index (χ1) is 13.6. The summed E-state index contributed by atoms with van der Waals surface area (Å²) in [6.45, 7) is 2.27. The number of ether oxygens (including phenoxy) is 1. The molecule has 0 spiro atoms. The number of pyridine rings is 1. The van der Waals surface area contributed by atoms with Gasteiger partial charge in [-0.2, -0.15) is 0 Å². The number of nitrogens with zero attached hydrogens (tertiary/aromatic N) is 1. The summed E-state index contributed by atoms with van der Waals surface area (Å²) in [6, 6.07) is 17.1. The van der Waals surface area contributed by atoms with Gasteiger partial charge >= 0.3 is 6.03 Å². The quantitative estimate of drug-likeness (QED) is 0.619. The average molecular weight is 396 g/mol. The number of nitrogens with one attached hydrogen (secondary N) is 2. The fourth-order valence-electron chi connectivity index (χ4n) is 2.94. The summed E-state index contributed by atoms with van der Waals surface area (Å²) in [4.78, 5) is 16.3. The lowest BCUT2D eigenvalue weighted by Crippen LogP contribution is -2.36. The number of urea groups is 1. The third-order valence-electron chi connectivity index (χ3n) is 4.46. The number of amides is 2. The van der Waals surface area contributed by atoms with Gasteiger partial charge in [0.25, 0.3) is 0 Å². The van der Waals surface area contributed by atoms with E-state index in [2.05, 4.69) is 15.6 Å². The molecule has 0 bridgehead atoms. The molecule has 2 N–H and O–H groups in total. The summed E-state index contributed by atoms with van der Waals surface area (Å²) in [5, 5.41) is 6.31. The summed E-state index contributed by atoms with van der Waals surface area (Å²) in [5.74, 6) is 0.573. The molecule has 0 saturated heterocycles. The Balaban J connectivity index is 1.58. The van der Waals surface area contributed by atoms with Crippen molar-refractivity contribution in [1.29, 1.82) is 0 Å². The molecule has 1 heterocycles. The minimum Gasteiger partial charge on any atom is -0.495 e. The highest BCUT2D eigenvalue weighted by atomic mass is 35.5. The van der Waals surface area contributed by atoms with Gasteiger partial charge in [-0.05, 0) is 41.8 Å². The zero-order valence-electron chi connectivity index (χ0n) is 15.8. The van der Waals surface area contributed by atoms with Crippen LogP contribution in [0.2, 0.25) is 5.02 Å². The molecule has 0 aliphatic carbocycles. The van der Waals surface area contributed by atoms with Gasteiger partial charge in [-0.3, -0.25) is 4.98 Å². The van der Waals surface area contributed by atoms with E-state index in [0.29, 0.717) is 17.3 Å². The molecule has 0 saturated carbocycles. The zero-order valence-corrected chi connectivity index (χ0v) is 16.5. The minimum absolute atomic E-state index is 0.132. The maximum absolute atomic E-state index is 12.3. The second kappa shape index (κ2) is 9.24. The lowest BCUT2D eigenvalue weighted by molar-refractivity contribution is 0.237. The first-order valence-electron chi connectivity index (χ1n) is 8.94. The highest BCUT2D eigenvalue weighted by molar-refractivity contribution is 6.32. The van der Waals surface area contributed by atoms with E-state index in [1.165, 1.54) is 0 Å². The normalized spacial score (nSPS) is 11.5. The smallest absolute Gasteiger partial charge is 0.315 e. The topological polar surface area (TPSA) is 63.2 Å². The number of benzene rings is 2. The van der Waals surface area contributed by atoms with Crippen molar-refractivity contribution in [2.75, 3.05) is 7.11 Å². The van der Waals surface area contributed by atoms with Crippen LogP contribution < -0.4 is 15.4 Å². The van der Waals surface area contributed by atoms with Gasteiger partial charge in [0.2, 0.25) is 0 Å². The Morgan fingerprint density at radius 2 is 1.75 bits per heavy atom. The van der Waals surface area contributed by atoms with E-state index < -0.39 is 0 Å². The van der Waals surface area contributed by atoms with Gasteiger partial charge in [0.1, 0.15) is 5.75 Å². The summed E-state index contributed by atoms with van der Waals surface area (Å²) in [7, 11) is 1.56. The second-order valence-corrected chi connectivity index (χ2v) is 6.75. The van der Waals surface area contributed by atoms with Gasteiger partial charge in [-0.1, -0.05) is 48.0 Å². The van der Waals surface area contributed by atoms with Crippen LogP contribution in [0, 0.1) is 0 Å². The molecule has 3 aromatic rings. The summed E-state index contributed by atoms with van der Waals surface area (Å²) in [5.41, 5.74) is 4.05. The van der Waals surface area contributed by atoms with Gasteiger partial charge in [0.15, 0.2) is 0 Å². The fourth-order valence-corrected chi connectivity index (χ4v) is 3.21. The maximum atomic E-state index is 12.3. The van der Waals surface area contributed by atoms with Gasteiger partial charge in [-0.25, -0.2) is 4.79 Å².